The number of aryl methyl sites for hydroxylation is 1. The van der Waals surface area contributed by atoms with Gasteiger partial charge in [0.1, 0.15) is 29.3 Å². The third-order valence-electron chi connectivity index (χ3n) is 6.22. The standard InChI is InChI=1S/C25H27FN6O2/c1-14(16-8-7-9-17-20(26)13-34-21(16)17)27-22-18-12-19(25(33)31(3)4)24(32-10-5-6-11-32)30-23(18)29-15(2)28-22/h7-9,12-14H,5-6,10-11H2,1-4H3,(H,27,28,29,30)/t14-/m1/s1. The van der Waals surface area contributed by atoms with E-state index in [2.05, 4.69) is 20.2 Å². The molecule has 0 unspecified atom stereocenters. The fraction of sp³-hybridized carbons (Fsp3) is 0.360. The number of pyridine rings is 1. The quantitative estimate of drug-likeness (QED) is 0.460. The number of nitrogens with zero attached hydrogens (tertiary/aromatic N) is 5. The maximum Gasteiger partial charge on any atom is 0.257 e. The van der Waals surface area contributed by atoms with Crippen molar-refractivity contribution in [3.8, 4) is 0 Å². The fourth-order valence-corrected chi connectivity index (χ4v) is 4.50. The topological polar surface area (TPSA) is 87.4 Å². The van der Waals surface area contributed by atoms with Crippen LogP contribution in [0.3, 0.4) is 0 Å². The van der Waals surface area contributed by atoms with Crippen molar-refractivity contribution in [2.24, 2.45) is 0 Å². The highest BCUT2D eigenvalue weighted by Crippen LogP contribution is 2.33. The second-order valence-corrected chi connectivity index (χ2v) is 8.92. The van der Waals surface area contributed by atoms with Crippen LogP contribution in [0.1, 0.15) is 47.6 Å². The Hall–Kier alpha value is -3.75. The number of hydrogen-bond acceptors (Lipinski definition) is 7. The van der Waals surface area contributed by atoms with Gasteiger partial charge in [-0.1, -0.05) is 12.1 Å². The molecule has 1 aliphatic rings. The number of amides is 1. The number of furan rings is 1. The molecule has 8 nitrogen and oxygen atoms in total. The maximum absolute atomic E-state index is 14.0. The van der Waals surface area contributed by atoms with Crippen LogP contribution in [0.2, 0.25) is 0 Å². The highest BCUT2D eigenvalue weighted by molar-refractivity contribution is 6.03. The minimum absolute atomic E-state index is 0.119. The van der Waals surface area contributed by atoms with Crippen LogP contribution >= 0.6 is 0 Å². The number of fused-ring (bicyclic) bond motifs is 2. The van der Waals surface area contributed by atoms with Crippen LogP contribution in [0.15, 0.2) is 34.9 Å². The molecular formula is C25H27FN6O2. The summed E-state index contributed by atoms with van der Waals surface area (Å²) in [5.74, 6) is 1.28. The summed E-state index contributed by atoms with van der Waals surface area (Å²) in [5.41, 5.74) is 2.35. The number of carbonyl (C=O) groups is 1. The van der Waals surface area contributed by atoms with Gasteiger partial charge in [-0.25, -0.2) is 19.3 Å². The molecule has 0 spiro atoms. The van der Waals surface area contributed by atoms with Crippen molar-refractivity contribution in [1.82, 2.24) is 19.9 Å². The molecule has 1 fully saturated rings. The summed E-state index contributed by atoms with van der Waals surface area (Å²) in [5, 5.41) is 4.51. The van der Waals surface area contributed by atoms with E-state index < -0.39 is 5.82 Å². The molecule has 1 N–H and O–H groups in total. The van der Waals surface area contributed by atoms with Crippen LogP contribution in [-0.2, 0) is 0 Å². The third kappa shape index (κ3) is 3.81. The van der Waals surface area contributed by atoms with Crippen LogP contribution < -0.4 is 10.2 Å². The van der Waals surface area contributed by atoms with E-state index in [4.69, 9.17) is 9.40 Å². The third-order valence-corrected chi connectivity index (χ3v) is 6.22. The zero-order valence-electron chi connectivity index (χ0n) is 19.7. The minimum atomic E-state index is -0.391. The predicted octanol–water partition coefficient (Wildman–Crippen LogP) is 4.69. The Labute approximate surface area is 196 Å². The smallest absolute Gasteiger partial charge is 0.257 e. The zero-order valence-corrected chi connectivity index (χ0v) is 19.7. The summed E-state index contributed by atoms with van der Waals surface area (Å²) < 4.78 is 19.5. The monoisotopic (exact) mass is 462 g/mol. The van der Waals surface area contributed by atoms with Crippen LogP contribution in [-0.4, -0.2) is 52.9 Å². The molecular weight excluding hydrogens is 435 g/mol. The number of aromatic nitrogens is 3. The first-order valence-electron chi connectivity index (χ1n) is 11.4. The molecule has 176 valence electrons. The van der Waals surface area contributed by atoms with Gasteiger partial charge in [0.25, 0.3) is 5.91 Å². The van der Waals surface area contributed by atoms with Gasteiger partial charge in [-0.15, -0.1) is 0 Å². The number of benzene rings is 1. The molecule has 1 atom stereocenters. The first-order valence-corrected chi connectivity index (χ1v) is 11.4. The first kappa shape index (κ1) is 22.1. The van der Waals surface area contributed by atoms with Gasteiger partial charge in [0.15, 0.2) is 11.5 Å². The van der Waals surface area contributed by atoms with E-state index >= 15 is 0 Å². The molecule has 4 heterocycles. The number of rotatable bonds is 5. The Balaban J connectivity index is 1.62. The van der Waals surface area contributed by atoms with Gasteiger partial charge in [-0.3, -0.25) is 4.79 Å². The summed E-state index contributed by atoms with van der Waals surface area (Å²) in [4.78, 5) is 30.8. The lowest BCUT2D eigenvalue weighted by molar-refractivity contribution is 0.0828. The summed E-state index contributed by atoms with van der Waals surface area (Å²) in [6.45, 7) is 5.49. The molecule has 5 rings (SSSR count). The van der Waals surface area contributed by atoms with Crippen LogP contribution in [0.5, 0.6) is 0 Å². The largest absolute Gasteiger partial charge is 0.461 e. The van der Waals surface area contributed by atoms with Crippen molar-refractivity contribution in [2.75, 3.05) is 37.4 Å². The molecule has 1 aliphatic heterocycles. The average Bonchev–Trinajstić information content (AvgIpc) is 3.48. The first-order chi connectivity index (χ1) is 16.3. The van der Waals surface area contributed by atoms with Crippen LogP contribution in [0, 0.1) is 12.7 Å². The van der Waals surface area contributed by atoms with Crippen molar-refractivity contribution < 1.29 is 13.6 Å². The van der Waals surface area contributed by atoms with Gasteiger partial charge in [-0.05, 0) is 38.8 Å². The lowest BCUT2D eigenvalue weighted by atomic mass is 10.1. The number of hydrogen-bond donors (Lipinski definition) is 1. The van der Waals surface area contributed by atoms with Gasteiger partial charge in [0, 0.05) is 32.7 Å². The highest BCUT2D eigenvalue weighted by Gasteiger charge is 2.25. The van der Waals surface area contributed by atoms with Crippen molar-refractivity contribution in [2.45, 2.75) is 32.7 Å². The summed E-state index contributed by atoms with van der Waals surface area (Å²) in [7, 11) is 3.46. The van der Waals surface area contributed by atoms with Gasteiger partial charge >= 0.3 is 0 Å². The number of para-hydroxylation sites is 1. The van der Waals surface area contributed by atoms with E-state index in [0.29, 0.717) is 45.0 Å². The van der Waals surface area contributed by atoms with Gasteiger partial charge < -0.3 is 19.5 Å². The van der Waals surface area contributed by atoms with Gasteiger partial charge in [-0.2, -0.15) is 0 Å². The Morgan fingerprint density at radius 2 is 1.94 bits per heavy atom. The fourth-order valence-electron chi connectivity index (χ4n) is 4.50. The predicted molar refractivity (Wildman–Crippen MR) is 130 cm³/mol. The zero-order chi connectivity index (χ0) is 24.0. The van der Waals surface area contributed by atoms with Crippen LogP contribution in [0.25, 0.3) is 22.0 Å². The van der Waals surface area contributed by atoms with E-state index in [1.165, 1.54) is 0 Å². The second-order valence-electron chi connectivity index (χ2n) is 8.92. The SMILES string of the molecule is Cc1nc(N[C@H](C)c2cccc3c(F)coc23)c2cc(C(=O)N(C)C)c(N3CCCC3)nc2n1. The lowest BCUT2D eigenvalue weighted by Crippen LogP contribution is -2.27. The summed E-state index contributed by atoms with van der Waals surface area (Å²) in [6, 6.07) is 6.97. The van der Waals surface area contributed by atoms with E-state index in [-0.39, 0.29) is 11.9 Å². The molecule has 1 aromatic carbocycles. The highest BCUT2D eigenvalue weighted by atomic mass is 19.1. The molecule has 34 heavy (non-hydrogen) atoms. The van der Waals surface area contributed by atoms with Gasteiger partial charge in [0.05, 0.1) is 22.4 Å². The maximum atomic E-state index is 14.0. The van der Waals surface area contributed by atoms with Crippen molar-refractivity contribution in [1.29, 1.82) is 0 Å². The minimum Gasteiger partial charge on any atom is -0.461 e. The molecule has 1 amide bonds. The number of carbonyl (C=O) groups excluding carboxylic acids is 1. The van der Waals surface area contributed by atoms with Crippen LogP contribution in [0.4, 0.5) is 16.0 Å². The Morgan fingerprint density at radius 3 is 2.68 bits per heavy atom. The lowest BCUT2D eigenvalue weighted by Gasteiger charge is -2.23. The average molecular weight is 463 g/mol. The van der Waals surface area contributed by atoms with E-state index in [1.807, 2.05) is 26.0 Å². The van der Waals surface area contributed by atoms with E-state index in [9.17, 15) is 9.18 Å². The number of nitrogens with one attached hydrogen (secondary N) is 1. The normalized spacial score (nSPS) is 14.7. The van der Waals surface area contributed by atoms with Gasteiger partial charge in [0.2, 0.25) is 0 Å². The van der Waals surface area contributed by atoms with Crippen molar-refractivity contribution in [3.63, 3.8) is 0 Å². The molecule has 9 heteroatoms. The number of halogens is 1. The second kappa shape index (κ2) is 8.55. The summed E-state index contributed by atoms with van der Waals surface area (Å²) >= 11 is 0. The molecule has 3 aromatic heterocycles. The number of anilines is 2. The molecule has 0 radical (unpaired) electrons. The molecule has 0 aliphatic carbocycles. The van der Waals surface area contributed by atoms with Crippen molar-refractivity contribution >= 4 is 39.5 Å². The Morgan fingerprint density at radius 1 is 1.18 bits per heavy atom. The molecule has 0 bridgehead atoms. The van der Waals surface area contributed by atoms with E-state index in [1.54, 1.807) is 31.1 Å². The Kier molecular flexibility index (Phi) is 5.55. The van der Waals surface area contributed by atoms with E-state index in [0.717, 1.165) is 37.8 Å². The van der Waals surface area contributed by atoms with Crippen molar-refractivity contribution in [3.05, 3.63) is 53.3 Å². The molecule has 4 aromatic rings. The molecule has 1 saturated heterocycles. The molecule has 0 saturated carbocycles. The summed E-state index contributed by atoms with van der Waals surface area (Å²) in [6.07, 6.45) is 3.26. The Bertz CT molecular complexity index is 1390.